The summed E-state index contributed by atoms with van der Waals surface area (Å²) in [5, 5.41) is 3.80. The fourth-order valence-corrected chi connectivity index (χ4v) is 3.06. The first-order chi connectivity index (χ1) is 11.2. The van der Waals surface area contributed by atoms with E-state index in [9.17, 15) is 4.79 Å². The number of carbonyl (C=O) groups excluding carboxylic acids is 1. The van der Waals surface area contributed by atoms with Gasteiger partial charge in [0.15, 0.2) is 0 Å². The van der Waals surface area contributed by atoms with Gasteiger partial charge in [0, 0.05) is 37.9 Å². The summed E-state index contributed by atoms with van der Waals surface area (Å²) in [5.74, 6) is 0.283. The molecule has 0 bridgehead atoms. The van der Waals surface area contributed by atoms with E-state index in [2.05, 4.69) is 22.3 Å². The molecule has 1 atom stereocenters. The SMILES string of the molecule is CCOCCCNC(=O)[C@H]1CCCN(Cc2ccc(Cl)cc2)C1. The average molecular weight is 339 g/mol. The third-order valence-electron chi connectivity index (χ3n) is 4.16. The van der Waals surface area contributed by atoms with Crippen molar-refractivity contribution in [1.82, 2.24) is 10.2 Å². The standard InChI is InChI=1S/C18H27ClN2O2/c1-2-23-12-4-10-20-18(22)16-5-3-11-21(14-16)13-15-6-8-17(19)9-7-15/h6-9,16H,2-5,10-14H2,1H3,(H,20,22)/t16-/m0/s1. The molecular weight excluding hydrogens is 312 g/mol. The van der Waals surface area contributed by atoms with Crippen LogP contribution in [0.15, 0.2) is 24.3 Å². The van der Waals surface area contributed by atoms with Gasteiger partial charge in [-0.1, -0.05) is 23.7 Å². The van der Waals surface area contributed by atoms with Crippen molar-refractivity contribution >= 4 is 17.5 Å². The summed E-state index contributed by atoms with van der Waals surface area (Å²) in [7, 11) is 0. The van der Waals surface area contributed by atoms with E-state index in [0.717, 1.165) is 50.5 Å². The molecule has 1 aromatic rings. The van der Waals surface area contributed by atoms with Gasteiger partial charge in [0.1, 0.15) is 0 Å². The molecule has 128 valence electrons. The number of benzene rings is 1. The Labute approximate surface area is 144 Å². The normalized spacial score (nSPS) is 18.8. The summed E-state index contributed by atoms with van der Waals surface area (Å²) < 4.78 is 5.28. The Morgan fingerprint density at radius 2 is 2.17 bits per heavy atom. The van der Waals surface area contributed by atoms with Crippen LogP contribution in [-0.2, 0) is 16.1 Å². The Kier molecular flexibility index (Phi) is 7.86. The zero-order chi connectivity index (χ0) is 16.5. The molecule has 1 fully saturated rings. The summed E-state index contributed by atoms with van der Waals surface area (Å²) in [6.45, 7) is 6.89. The molecule has 4 nitrogen and oxygen atoms in total. The number of amides is 1. The van der Waals surface area contributed by atoms with E-state index in [0.29, 0.717) is 13.2 Å². The summed E-state index contributed by atoms with van der Waals surface area (Å²) in [5.41, 5.74) is 1.24. The summed E-state index contributed by atoms with van der Waals surface area (Å²) in [6, 6.07) is 7.95. The van der Waals surface area contributed by atoms with Crippen molar-refractivity contribution in [2.75, 3.05) is 32.8 Å². The van der Waals surface area contributed by atoms with Crippen molar-refractivity contribution in [1.29, 1.82) is 0 Å². The lowest BCUT2D eigenvalue weighted by atomic mass is 9.96. The topological polar surface area (TPSA) is 41.6 Å². The molecule has 1 N–H and O–H groups in total. The maximum Gasteiger partial charge on any atom is 0.224 e. The highest BCUT2D eigenvalue weighted by atomic mass is 35.5. The minimum Gasteiger partial charge on any atom is -0.382 e. The van der Waals surface area contributed by atoms with Crippen molar-refractivity contribution in [3.05, 3.63) is 34.9 Å². The molecule has 0 saturated carbocycles. The molecule has 0 spiro atoms. The van der Waals surface area contributed by atoms with Gasteiger partial charge in [0.25, 0.3) is 0 Å². The molecule has 0 radical (unpaired) electrons. The van der Waals surface area contributed by atoms with Crippen LogP contribution in [-0.4, -0.2) is 43.7 Å². The fourth-order valence-electron chi connectivity index (χ4n) is 2.94. The van der Waals surface area contributed by atoms with Crippen LogP contribution < -0.4 is 5.32 Å². The smallest absolute Gasteiger partial charge is 0.224 e. The molecule has 23 heavy (non-hydrogen) atoms. The second-order valence-electron chi connectivity index (χ2n) is 6.04. The van der Waals surface area contributed by atoms with E-state index in [1.807, 2.05) is 19.1 Å². The van der Waals surface area contributed by atoms with Gasteiger partial charge < -0.3 is 10.1 Å². The molecular formula is C18H27ClN2O2. The van der Waals surface area contributed by atoms with Gasteiger partial charge in [-0.3, -0.25) is 9.69 Å². The van der Waals surface area contributed by atoms with Gasteiger partial charge >= 0.3 is 0 Å². The second-order valence-corrected chi connectivity index (χ2v) is 6.48. The first kappa shape index (κ1) is 18.2. The number of nitrogens with one attached hydrogen (secondary N) is 1. The fraction of sp³-hybridized carbons (Fsp3) is 0.611. The number of rotatable bonds is 8. The Hall–Kier alpha value is -1.10. The largest absolute Gasteiger partial charge is 0.382 e. The summed E-state index contributed by atoms with van der Waals surface area (Å²) in [6.07, 6.45) is 2.93. The summed E-state index contributed by atoms with van der Waals surface area (Å²) in [4.78, 5) is 14.6. The van der Waals surface area contributed by atoms with E-state index in [1.54, 1.807) is 0 Å². The molecule has 0 aliphatic carbocycles. The van der Waals surface area contributed by atoms with Crippen LogP contribution >= 0.6 is 11.6 Å². The van der Waals surface area contributed by atoms with Crippen molar-refractivity contribution in [2.45, 2.75) is 32.7 Å². The number of likely N-dealkylation sites (tertiary alicyclic amines) is 1. The van der Waals surface area contributed by atoms with E-state index < -0.39 is 0 Å². The Balaban J connectivity index is 1.74. The number of piperidine rings is 1. The molecule has 5 heteroatoms. The van der Waals surface area contributed by atoms with E-state index >= 15 is 0 Å². The molecule has 1 aliphatic rings. The summed E-state index contributed by atoms with van der Waals surface area (Å²) >= 11 is 5.92. The second kappa shape index (κ2) is 9.91. The maximum absolute atomic E-state index is 12.3. The molecule has 1 aliphatic heterocycles. The highest BCUT2D eigenvalue weighted by Gasteiger charge is 2.25. The van der Waals surface area contributed by atoms with Crippen LogP contribution in [0.2, 0.25) is 5.02 Å². The highest BCUT2D eigenvalue weighted by molar-refractivity contribution is 6.30. The Morgan fingerprint density at radius 1 is 1.39 bits per heavy atom. The van der Waals surface area contributed by atoms with E-state index in [4.69, 9.17) is 16.3 Å². The van der Waals surface area contributed by atoms with Crippen molar-refractivity contribution in [2.24, 2.45) is 5.92 Å². The van der Waals surface area contributed by atoms with Crippen LogP contribution in [0.5, 0.6) is 0 Å². The molecule has 1 amide bonds. The number of halogens is 1. The molecule has 0 aromatic heterocycles. The van der Waals surface area contributed by atoms with E-state index in [1.165, 1.54) is 5.56 Å². The van der Waals surface area contributed by atoms with Gasteiger partial charge in [-0.2, -0.15) is 0 Å². The first-order valence-corrected chi connectivity index (χ1v) is 8.89. The quantitative estimate of drug-likeness (QED) is 0.741. The van der Waals surface area contributed by atoms with Gasteiger partial charge in [-0.05, 0) is 50.4 Å². The van der Waals surface area contributed by atoms with Crippen molar-refractivity contribution in [3.8, 4) is 0 Å². The maximum atomic E-state index is 12.3. The zero-order valence-corrected chi connectivity index (χ0v) is 14.6. The van der Waals surface area contributed by atoms with Gasteiger partial charge in [-0.15, -0.1) is 0 Å². The third kappa shape index (κ3) is 6.50. The Morgan fingerprint density at radius 3 is 2.91 bits per heavy atom. The lowest BCUT2D eigenvalue weighted by Crippen LogP contribution is -2.43. The molecule has 1 heterocycles. The number of carbonyl (C=O) groups is 1. The van der Waals surface area contributed by atoms with Crippen molar-refractivity contribution < 1.29 is 9.53 Å². The Bertz CT molecular complexity index is 478. The van der Waals surface area contributed by atoms with Crippen LogP contribution in [0.1, 0.15) is 31.7 Å². The van der Waals surface area contributed by atoms with Gasteiger partial charge in [-0.25, -0.2) is 0 Å². The van der Waals surface area contributed by atoms with Gasteiger partial charge in [0.2, 0.25) is 5.91 Å². The number of nitrogens with zero attached hydrogens (tertiary/aromatic N) is 1. The first-order valence-electron chi connectivity index (χ1n) is 8.51. The predicted molar refractivity (Wildman–Crippen MR) is 93.6 cm³/mol. The molecule has 1 saturated heterocycles. The van der Waals surface area contributed by atoms with E-state index in [-0.39, 0.29) is 11.8 Å². The van der Waals surface area contributed by atoms with Gasteiger partial charge in [0.05, 0.1) is 5.92 Å². The number of ether oxygens (including phenoxy) is 1. The predicted octanol–water partition coefficient (Wildman–Crippen LogP) is 3.09. The number of hydrogen-bond donors (Lipinski definition) is 1. The average Bonchev–Trinajstić information content (AvgIpc) is 2.57. The minimum absolute atomic E-state index is 0.100. The molecule has 2 rings (SSSR count). The molecule has 1 aromatic carbocycles. The highest BCUT2D eigenvalue weighted by Crippen LogP contribution is 2.19. The lowest BCUT2D eigenvalue weighted by Gasteiger charge is -2.32. The molecule has 0 unspecified atom stereocenters. The minimum atomic E-state index is 0.100. The third-order valence-corrected chi connectivity index (χ3v) is 4.42. The van der Waals surface area contributed by atoms with Crippen LogP contribution in [0.3, 0.4) is 0 Å². The monoisotopic (exact) mass is 338 g/mol. The number of hydrogen-bond acceptors (Lipinski definition) is 3. The lowest BCUT2D eigenvalue weighted by molar-refractivity contribution is -0.126. The van der Waals surface area contributed by atoms with Crippen LogP contribution in [0, 0.1) is 5.92 Å². The van der Waals surface area contributed by atoms with Crippen LogP contribution in [0.25, 0.3) is 0 Å². The van der Waals surface area contributed by atoms with Crippen LogP contribution in [0.4, 0.5) is 0 Å². The zero-order valence-electron chi connectivity index (χ0n) is 13.9. The van der Waals surface area contributed by atoms with Crippen molar-refractivity contribution in [3.63, 3.8) is 0 Å².